The Labute approximate surface area is 110 Å². The predicted octanol–water partition coefficient (Wildman–Crippen LogP) is 2.91. The number of hydrogen-bond acceptors (Lipinski definition) is 3. The van der Waals surface area contributed by atoms with Gasteiger partial charge in [-0.05, 0) is 45.0 Å². The van der Waals surface area contributed by atoms with Crippen molar-refractivity contribution in [1.29, 1.82) is 5.26 Å². The van der Waals surface area contributed by atoms with Crippen LogP contribution in [-0.4, -0.2) is 18.7 Å². The summed E-state index contributed by atoms with van der Waals surface area (Å²) in [6, 6.07) is 10.4. The maximum atomic E-state index is 9.11. The molecule has 0 aromatic heterocycles. The van der Waals surface area contributed by atoms with Crippen molar-refractivity contribution >= 4 is 0 Å². The summed E-state index contributed by atoms with van der Waals surface area (Å²) in [6.07, 6.45) is 1.64. The molecule has 0 aliphatic heterocycles. The Morgan fingerprint density at radius 3 is 2.78 bits per heavy atom. The molecule has 0 aliphatic rings. The molecule has 0 spiro atoms. The van der Waals surface area contributed by atoms with Crippen molar-refractivity contribution in [2.24, 2.45) is 0 Å². The van der Waals surface area contributed by atoms with Crippen molar-refractivity contribution in [3.63, 3.8) is 0 Å². The molecule has 0 saturated heterocycles. The van der Waals surface area contributed by atoms with Crippen LogP contribution in [0.2, 0.25) is 0 Å². The van der Waals surface area contributed by atoms with E-state index in [0.717, 1.165) is 12.2 Å². The van der Waals surface area contributed by atoms with E-state index in [2.05, 4.69) is 30.4 Å². The predicted molar refractivity (Wildman–Crippen MR) is 73.6 cm³/mol. The minimum atomic E-state index is -0.540. The average Bonchev–Trinajstić information content (AvgIpc) is 2.38. The largest absolute Gasteiger partial charge is 0.491 e. The van der Waals surface area contributed by atoms with Crippen molar-refractivity contribution in [3.8, 4) is 11.8 Å². The Bertz CT molecular complexity index is 425. The molecule has 2 atom stereocenters. The van der Waals surface area contributed by atoms with Crippen LogP contribution < -0.4 is 10.1 Å². The number of ether oxygens (including phenoxy) is 1. The average molecular weight is 246 g/mol. The molecule has 98 valence electrons. The highest BCUT2D eigenvalue weighted by Crippen LogP contribution is 2.19. The van der Waals surface area contributed by atoms with Gasteiger partial charge in [0.05, 0.1) is 12.2 Å². The van der Waals surface area contributed by atoms with Gasteiger partial charge in [-0.25, -0.2) is 0 Å². The number of hydrogen-bond donors (Lipinski definition) is 1. The van der Waals surface area contributed by atoms with E-state index >= 15 is 0 Å². The monoisotopic (exact) mass is 246 g/mol. The van der Waals surface area contributed by atoms with Gasteiger partial charge in [-0.2, -0.15) is 5.26 Å². The van der Waals surface area contributed by atoms with E-state index in [-0.39, 0.29) is 6.10 Å². The number of rotatable bonds is 6. The third-order valence-electron chi connectivity index (χ3n) is 3.14. The van der Waals surface area contributed by atoms with Gasteiger partial charge < -0.3 is 10.1 Å². The first-order valence-electron chi connectivity index (χ1n) is 6.38. The van der Waals surface area contributed by atoms with Gasteiger partial charge in [0, 0.05) is 6.42 Å². The summed E-state index contributed by atoms with van der Waals surface area (Å²) >= 11 is 0. The minimum Gasteiger partial charge on any atom is -0.491 e. The third kappa shape index (κ3) is 4.05. The molecule has 0 radical (unpaired) electrons. The summed E-state index contributed by atoms with van der Waals surface area (Å²) in [7, 11) is 1.80. The van der Waals surface area contributed by atoms with Crippen molar-refractivity contribution in [2.45, 2.75) is 45.3 Å². The molecular formula is C15H22N2O. The first-order chi connectivity index (χ1) is 8.53. The molecule has 0 fully saturated rings. The summed E-state index contributed by atoms with van der Waals surface area (Å²) in [5, 5.41) is 12.1. The highest BCUT2D eigenvalue weighted by Gasteiger charge is 2.25. The molecule has 1 rings (SSSR count). The lowest BCUT2D eigenvalue weighted by molar-refractivity contribution is 0.182. The highest BCUT2D eigenvalue weighted by molar-refractivity contribution is 5.28. The van der Waals surface area contributed by atoms with E-state index < -0.39 is 5.54 Å². The molecule has 1 aromatic carbocycles. The zero-order valence-electron chi connectivity index (χ0n) is 11.7. The highest BCUT2D eigenvalue weighted by atomic mass is 16.5. The normalized spacial score (nSPS) is 15.5. The van der Waals surface area contributed by atoms with E-state index in [0.29, 0.717) is 6.42 Å². The summed E-state index contributed by atoms with van der Waals surface area (Å²) in [5.41, 5.74) is 0.721. The topological polar surface area (TPSA) is 45.0 Å². The number of aryl methyl sites for hydroxylation is 1. The first-order valence-corrected chi connectivity index (χ1v) is 6.38. The zero-order valence-corrected chi connectivity index (χ0v) is 11.7. The minimum absolute atomic E-state index is 0.00536. The maximum absolute atomic E-state index is 9.11. The molecule has 1 aromatic rings. The van der Waals surface area contributed by atoms with Crippen LogP contribution in [0.1, 0.15) is 32.8 Å². The van der Waals surface area contributed by atoms with E-state index in [9.17, 15) is 0 Å². The van der Waals surface area contributed by atoms with Gasteiger partial charge in [-0.15, -0.1) is 0 Å². The van der Waals surface area contributed by atoms with Crippen LogP contribution in [0.3, 0.4) is 0 Å². The van der Waals surface area contributed by atoms with Gasteiger partial charge >= 0.3 is 0 Å². The number of nitriles is 1. The summed E-state index contributed by atoms with van der Waals surface area (Å²) in [5.74, 6) is 0.873. The number of nitrogens with one attached hydrogen (secondary N) is 1. The van der Waals surface area contributed by atoms with Gasteiger partial charge in [-0.3, -0.25) is 0 Å². The lowest BCUT2D eigenvalue weighted by Crippen LogP contribution is -2.41. The maximum Gasteiger partial charge on any atom is 0.119 e. The van der Waals surface area contributed by atoms with Crippen LogP contribution in [0.25, 0.3) is 0 Å². The van der Waals surface area contributed by atoms with Gasteiger partial charge in [0.1, 0.15) is 11.3 Å². The molecule has 0 heterocycles. The third-order valence-corrected chi connectivity index (χ3v) is 3.14. The zero-order chi connectivity index (χ0) is 13.6. The second kappa shape index (κ2) is 6.42. The van der Waals surface area contributed by atoms with E-state index in [1.807, 2.05) is 26.0 Å². The van der Waals surface area contributed by atoms with Crippen LogP contribution in [-0.2, 0) is 6.42 Å². The van der Waals surface area contributed by atoms with Gasteiger partial charge in [0.2, 0.25) is 0 Å². The molecular weight excluding hydrogens is 224 g/mol. The Balaban J connectivity index is 2.64. The summed E-state index contributed by atoms with van der Waals surface area (Å²) < 4.78 is 5.87. The molecule has 0 aliphatic carbocycles. The molecule has 0 bridgehead atoms. The van der Waals surface area contributed by atoms with Crippen molar-refractivity contribution < 1.29 is 4.74 Å². The Morgan fingerprint density at radius 2 is 2.22 bits per heavy atom. The Hall–Kier alpha value is -1.53. The van der Waals surface area contributed by atoms with Crippen LogP contribution >= 0.6 is 0 Å². The quantitative estimate of drug-likeness (QED) is 0.839. The van der Waals surface area contributed by atoms with Crippen molar-refractivity contribution in [2.75, 3.05) is 7.05 Å². The fourth-order valence-corrected chi connectivity index (χ4v) is 1.89. The molecule has 0 amide bonds. The smallest absolute Gasteiger partial charge is 0.119 e. The molecule has 2 unspecified atom stereocenters. The second-order valence-electron chi connectivity index (χ2n) is 4.83. The molecule has 18 heavy (non-hydrogen) atoms. The van der Waals surface area contributed by atoms with E-state index in [4.69, 9.17) is 10.00 Å². The molecule has 3 nitrogen and oxygen atoms in total. The molecule has 0 saturated carbocycles. The lowest BCUT2D eigenvalue weighted by atomic mass is 9.97. The van der Waals surface area contributed by atoms with Crippen LogP contribution in [0, 0.1) is 11.3 Å². The first kappa shape index (κ1) is 14.5. The van der Waals surface area contributed by atoms with Gasteiger partial charge in [0.15, 0.2) is 0 Å². The molecule has 1 N–H and O–H groups in total. The summed E-state index contributed by atoms with van der Waals surface area (Å²) in [4.78, 5) is 0. The lowest BCUT2D eigenvalue weighted by Gasteiger charge is -2.25. The SMILES string of the molecule is CCc1cccc(OC(C)CC(C)(C#N)NC)c1. The van der Waals surface area contributed by atoms with Crippen LogP contribution in [0.5, 0.6) is 5.75 Å². The Morgan fingerprint density at radius 1 is 1.50 bits per heavy atom. The second-order valence-corrected chi connectivity index (χ2v) is 4.83. The Kier molecular flexibility index (Phi) is 5.18. The van der Waals surface area contributed by atoms with Crippen molar-refractivity contribution in [3.05, 3.63) is 29.8 Å². The standard InChI is InChI=1S/C15H22N2O/c1-5-13-7-6-8-14(9-13)18-12(2)10-15(3,11-16)17-4/h6-9,12,17H,5,10H2,1-4H3. The van der Waals surface area contributed by atoms with Gasteiger partial charge in [-0.1, -0.05) is 19.1 Å². The van der Waals surface area contributed by atoms with E-state index in [1.165, 1.54) is 5.56 Å². The van der Waals surface area contributed by atoms with Crippen LogP contribution in [0.15, 0.2) is 24.3 Å². The van der Waals surface area contributed by atoms with E-state index in [1.54, 1.807) is 7.05 Å². The van der Waals surface area contributed by atoms with Crippen molar-refractivity contribution in [1.82, 2.24) is 5.32 Å². The van der Waals surface area contributed by atoms with Crippen LogP contribution in [0.4, 0.5) is 0 Å². The summed E-state index contributed by atoms with van der Waals surface area (Å²) in [6.45, 7) is 6.00. The fourth-order valence-electron chi connectivity index (χ4n) is 1.89. The number of nitrogens with zero attached hydrogens (tertiary/aromatic N) is 1. The fraction of sp³-hybridized carbons (Fsp3) is 0.533. The molecule has 3 heteroatoms. The van der Waals surface area contributed by atoms with Gasteiger partial charge in [0.25, 0.3) is 0 Å². The number of benzene rings is 1.